The number of carboxylic acid groups (broad SMARTS) is 1. The highest BCUT2D eigenvalue weighted by Gasteiger charge is 2.34. The Balaban J connectivity index is 0.000000208. The topological polar surface area (TPSA) is 231 Å². The second-order valence-electron chi connectivity index (χ2n) is 24.1. The van der Waals surface area contributed by atoms with Crippen LogP contribution in [0.2, 0.25) is 0 Å². The molecule has 0 spiro atoms. The summed E-state index contributed by atoms with van der Waals surface area (Å²) in [6, 6.07) is 24.3. The van der Waals surface area contributed by atoms with Crippen LogP contribution >= 0.6 is 0 Å². The van der Waals surface area contributed by atoms with Gasteiger partial charge >= 0.3 is 18.2 Å². The molecule has 0 aliphatic carbocycles. The van der Waals surface area contributed by atoms with Gasteiger partial charge in [-0.25, -0.2) is 14.4 Å². The molecule has 22 nitrogen and oxygen atoms in total. The quantitative estimate of drug-likeness (QED) is 0.0926. The summed E-state index contributed by atoms with van der Waals surface area (Å²) in [5, 5.41) is 13.6. The Labute approximate surface area is 506 Å². The van der Waals surface area contributed by atoms with Crippen LogP contribution in [0.15, 0.2) is 94.5 Å². The number of rotatable bonds is 16. The minimum atomic E-state index is -1.08. The molecule has 22 heteroatoms. The fourth-order valence-corrected chi connectivity index (χ4v) is 11.4. The molecule has 4 aromatic carbocycles. The lowest BCUT2D eigenvalue weighted by molar-refractivity contribution is 0.00468. The number of likely N-dealkylation sites (tertiary alicyclic amines) is 2. The predicted molar refractivity (Wildman–Crippen MR) is 327 cm³/mol. The first kappa shape index (κ1) is 63.0. The first-order valence-electron chi connectivity index (χ1n) is 29.7. The van der Waals surface area contributed by atoms with Crippen molar-refractivity contribution in [1.29, 1.82) is 0 Å². The Morgan fingerprint density at radius 2 is 0.931 bits per heavy atom. The highest BCUT2D eigenvalue weighted by atomic mass is 16.6. The molecule has 466 valence electrons. The lowest BCUT2D eigenvalue weighted by atomic mass is 10.0. The number of piperidine rings is 2. The zero-order valence-corrected chi connectivity index (χ0v) is 51.3. The van der Waals surface area contributed by atoms with Gasteiger partial charge in [0, 0.05) is 120 Å². The Hall–Kier alpha value is -8.50. The normalized spacial score (nSPS) is 15.6. The van der Waals surface area contributed by atoms with Crippen LogP contribution in [0.5, 0.6) is 34.5 Å². The van der Waals surface area contributed by atoms with Crippen molar-refractivity contribution in [2.75, 3.05) is 87.0 Å². The number of nitrogens with one attached hydrogen (secondary N) is 1. The number of amides is 3. The number of hydrogen-bond acceptors (Lipinski definition) is 16. The molecular weight excluding hydrogens is 1120 g/mol. The van der Waals surface area contributed by atoms with Gasteiger partial charge in [-0.2, -0.15) is 0 Å². The molecule has 0 bridgehead atoms. The molecule has 6 heterocycles. The van der Waals surface area contributed by atoms with E-state index in [4.69, 9.17) is 37.9 Å². The highest BCUT2D eigenvalue weighted by molar-refractivity contribution is 6.07. The van der Waals surface area contributed by atoms with Gasteiger partial charge < -0.3 is 77.1 Å². The fourth-order valence-electron chi connectivity index (χ4n) is 11.4. The smallest absolute Gasteiger partial charge is 0.410 e. The van der Waals surface area contributed by atoms with Crippen molar-refractivity contribution in [3.8, 4) is 34.5 Å². The summed E-state index contributed by atoms with van der Waals surface area (Å²) in [5.41, 5.74) is 2.01. The summed E-state index contributed by atoms with van der Waals surface area (Å²) in [6.45, 7) is 19.1. The maximum absolute atomic E-state index is 13.4. The van der Waals surface area contributed by atoms with Gasteiger partial charge in [-0.3, -0.25) is 14.4 Å². The molecule has 87 heavy (non-hydrogen) atoms. The Bertz CT molecular complexity index is 3590. The standard InChI is InChI=1S/C33H42N4O7.C32H39N3O8/c1-33(2,3)44-32(40)37(21-22-6-8-28-29(18-22)43-17-16-42-28)23-10-12-35(13-11-23)14-15-36-27-20-24(41-5)19-26(31(39)34-4)25(27)7-9-30(36)38;1-32(2,3)43-31(39)35(20-21-5-7-27-28(17-21)42-16-15-41-27)22-9-11-33(12-10-22)13-14-34-26-19-23(40-4)18-25(30(37)38)24(26)6-8-29(34)36/h6-9,18-20,23H,10-17,21H2,1-5H3,(H,34,39);5-8,17-19,22H,9-16,20H2,1-4H3,(H,37,38). The van der Waals surface area contributed by atoms with Crippen LogP contribution in [0.3, 0.4) is 0 Å². The lowest BCUT2D eigenvalue weighted by Crippen LogP contribution is -2.49. The summed E-state index contributed by atoms with van der Waals surface area (Å²) in [7, 11) is 4.59. The summed E-state index contributed by atoms with van der Waals surface area (Å²) >= 11 is 0. The van der Waals surface area contributed by atoms with Gasteiger partial charge in [-0.15, -0.1) is 0 Å². The van der Waals surface area contributed by atoms with Gasteiger partial charge in [0.05, 0.1) is 36.4 Å². The Kier molecular flexibility index (Phi) is 19.9. The van der Waals surface area contributed by atoms with Crippen molar-refractivity contribution >= 4 is 45.9 Å². The molecule has 3 amide bonds. The molecule has 2 aromatic heterocycles. The highest BCUT2D eigenvalue weighted by Crippen LogP contribution is 2.35. The molecule has 4 aliphatic rings. The number of benzene rings is 4. The molecule has 2 N–H and O–H groups in total. The van der Waals surface area contributed by atoms with Gasteiger partial charge in [0.25, 0.3) is 17.0 Å². The molecule has 2 saturated heterocycles. The third-order valence-corrected chi connectivity index (χ3v) is 15.8. The summed E-state index contributed by atoms with van der Waals surface area (Å²) < 4.78 is 48.5. The minimum Gasteiger partial charge on any atom is -0.497 e. The molecule has 0 radical (unpaired) electrons. The summed E-state index contributed by atoms with van der Waals surface area (Å²) in [4.78, 5) is 85.3. The van der Waals surface area contributed by atoms with E-state index < -0.39 is 17.2 Å². The SMILES string of the molecule is CNC(=O)c1cc(OC)cc2c1ccc(=O)n2CCN1CCC(N(Cc2ccc3c(c2)OCCO3)C(=O)OC(C)(C)C)CC1.COc1cc(C(=O)O)c2ccc(=O)n(CCN3CCC(N(Cc4ccc5c(c4)OCCO5)C(=O)OC(C)(C)C)CC3)c2c1. The number of ether oxygens (including phenoxy) is 8. The van der Waals surface area contributed by atoms with Crippen molar-refractivity contribution in [1.82, 2.24) is 34.1 Å². The number of fused-ring (bicyclic) bond motifs is 4. The van der Waals surface area contributed by atoms with Crippen LogP contribution in [0.25, 0.3) is 21.8 Å². The third-order valence-electron chi connectivity index (χ3n) is 15.8. The van der Waals surface area contributed by atoms with Gasteiger partial charge in [-0.05, 0) is 127 Å². The van der Waals surface area contributed by atoms with Gasteiger partial charge in [0.15, 0.2) is 23.0 Å². The molecular formula is C65H81N7O15. The van der Waals surface area contributed by atoms with Crippen LogP contribution < -0.4 is 44.9 Å². The largest absolute Gasteiger partial charge is 0.497 e. The first-order valence-corrected chi connectivity index (χ1v) is 29.7. The zero-order valence-electron chi connectivity index (χ0n) is 51.3. The first-order chi connectivity index (χ1) is 41.6. The zero-order chi connectivity index (χ0) is 62.2. The molecule has 0 unspecified atom stereocenters. The second-order valence-corrected chi connectivity index (χ2v) is 24.1. The van der Waals surface area contributed by atoms with Crippen molar-refractivity contribution in [2.24, 2.45) is 0 Å². The third kappa shape index (κ3) is 15.7. The average molecular weight is 1200 g/mol. The maximum Gasteiger partial charge on any atom is 0.410 e. The monoisotopic (exact) mass is 1200 g/mol. The van der Waals surface area contributed by atoms with Gasteiger partial charge in [-0.1, -0.05) is 12.1 Å². The van der Waals surface area contributed by atoms with Crippen molar-refractivity contribution < 1.29 is 62.2 Å². The van der Waals surface area contributed by atoms with E-state index in [1.807, 2.05) is 87.7 Å². The maximum atomic E-state index is 13.4. The van der Waals surface area contributed by atoms with Crippen LogP contribution in [0.1, 0.15) is 99.1 Å². The Morgan fingerprint density at radius 3 is 1.31 bits per heavy atom. The molecule has 4 aliphatic heterocycles. The Morgan fingerprint density at radius 1 is 0.540 bits per heavy atom. The van der Waals surface area contributed by atoms with Crippen LogP contribution in [0.4, 0.5) is 9.59 Å². The average Bonchev–Trinajstić information content (AvgIpc) is 1.32. The number of aromatic nitrogens is 2. The number of aromatic carboxylic acids is 1. The van der Waals surface area contributed by atoms with E-state index in [-0.39, 0.29) is 46.9 Å². The van der Waals surface area contributed by atoms with Crippen molar-refractivity contribution in [2.45, 2.75) is 117 Å². The van der Waals surface area contributed by atoms with E-state index >= 15 is 0 Å². The fraction of sp³-hybridized carbons (Fsp3) is 0.477. The van der Waals surface area contributed by atoms with E-state index in [1.165, 1.54) is 25.3 Å². The van der Waals surface area contributed by atoms with E-state index in [9.17, 15) is 33.9 Å². The summed E-state index contributed by atoms with van der Waals surface area (Å²) in [6.07, 6.45) is 2.32. The van der Waals surface area contributed by atoms with E-state index in [2.05, 4.69) is 15.1 Å². The molecule has 2 fully saturated rings. The molecule has 6 aromatic rings. The number of carboxylic acids is 1. The second kappa shape index (κ2) is 27.5. The van der Waals surface area contributed by atoms with Crippen molar-refractivity contribution in [3.63, 3.8) is 0 Å². The minimum absolute atomic E-state index is 0.00560. The summed E-state index contributed by atoms with van der Waals surface area (Å²) in [5.74, 6) is 2.35. The number of methoxy groups -OCH3 is 2. The predicted octanol–water partition coefficient (Wildman–Crippen LogP) is 8.42. The van der Waals surface area contributed by atoms with Crippen LogP contribution in [-0.2, 0) is 35.7 Å². The van der Waals surface area contributed by atoms with E-state index in [1.54, 1.807) is 53.6 Å². The number of pyridine rings is 2. The van der Waals surface area contributed by atoms with E-state index in [0.717, 1.165) is 63.0 Å². The number of carbonyl (C=O) groups excluding carboxylic acids is 3. The number of hydrogen-bond donors (Lipinski definition) is 2. The number of carbonyl (C=O) groups is 4. The molecule has 0 atom stereocenters. The van der Waals surface area contributed by atoms with Gasteiger partial charge in [0.2, 0.25) is 0 Å². The lowest BCUT2D eigenvalue weighted by Gasteiger charge is -2.39. The number of nitrogens with zero attached hydrogens (tertiary/aromatic N) is 6. The van der Waals surface area contributed by atoms with Gasteiger partial charge in [0.1, 0.15) is 49.1 Å². The molecule has 10 rings (SSSR count). The van der Waals surface area contributed by atoms with Crippen LogP contribution in [0, 0.1) is 0 Å². The van der Waals surface area contributed by atoms with Crippen molar-refractivity contribution in [3.05, 3.63) is 128 Å². The van der Waals surface area contributed by atoms with Crippen LogP contribution in [-0.4, -0.2) is 168 Å². The molecule has 0 saturated carbocycles. The van der Waals surface area contributed by atoms with E-state index in [0.29, 0.717) is 128 Å².